The van der Waals surface area contributed by atoms with Crippen LogP contribution < -0.4 is 0 Å². The fourth-order valence-electron chi connectivity index (χ4n) is 3.23. The molecule has 1 atom stereocenters. The van der Waals surface area contributed by atoms with Gasteiger partial charge in [0.15, 0.2) is 11.6 Å². The first-order valence-electron chi connectivity index (χ1n) is 8.01. The second kappa shape index (κ2) is 5.56. The van der Waals surface area contributed by atoms with Gasteiger partial charge in [-0.25, -0.2) is 9.50 Å². The Morgan fingerprint density at radius 1 is 1.12 bits per heavy atom. The Hall–Kier alpha value is -2.93. The van der Waals surface area contributed by atoms with Gasteiger partial charge in [-0.15, -0.1) is 16.4 Å². The van der Waals surface area contributed by atoms with Crippen LogP contribution in [0.5, 0.6) is 0 Å². The maximum absolute atomic E-state index is 12.6. The quantitative estimate of drug-likeness (QED) is 0.557. The molecular weight excluding hydrogens is 334 g/mol. The highest BCUT2D eigenvalue weighted by atomic mass is 32.1. The second-order valence-corrected chi connectivity index (χ2v) is 7.04. The Morgan fingerprint density at radius 3 is 2.80 bits per heavy atom. The number of carbonyl (C=O) groups excluding carboxylic acids is 1. The van der Waals surface area contributed by atoms with Crippen molar-refractivity contribution in [1.29, 1.82) is 0 Å². The Kier molecular flexibility index (Phi) is 3.21. The van der Waals surface area contributed by atoms with Gasteiger partial charge in [0, 0.05) is 41.4 Å². The van der Waals surface area contributed by atoms with E-state index in [0.29, 0.717) is 23.6 Å². The van der Waals surface area contributed by atoms with Gasteiger partial charge in [0.05, 0.1) is 11.3 Å². The summed E-state index contributed by atoms with van der Waals surface area (Å²) in [4.78, 5) is 27.0. The molecule has 0 bridgehead atoms. The van der Waals surface area contributed by atoms with Crippen LogP contribution in [0.2, 0.25) is 0 Å². The number of pyridine rings is 1. The van der Waals surface area contributed by atoms with Crippen LogP contribution in [0.15, 0.2) is 48.2 Å². The fourth-order valence-corrected chi connectivity index (χ4v) is 4.06. The molecule has 4 aromatic heterocycles. The van der Waals surface area contributed by atoms with E-state index in [9.17, 15) is 4.79 Å². The van der Waals surface area contributed by atoms with Crippen molar-refractivity contribution in [3.8, 4) is 11.4 Å². The third-order valence-corrected chi connectivity index (χ3v) is 5.50. The van der Waals surface area contributed by atoms with Gasteiger partial charge in [-0.2, -0.15) is 4.98 Å². The fraction of sp³-hybridized carbons (Fsp3) is 0.167. The SMILES string of the molecule is O=C1CC(c2cccs2)Cc2nc3nc(-c4ccncc4)nn3cc21. The van der Waals surface area contributed by atoms with Crippen molar-refractivity contribution in [2.75, 3.05) is 0 Å². The van der Waals surface area contributed by atoms with Crippen molar-refractivity contribution in [3.63, 3.8) is 0 Å². The molecule has 7 heteroatoms. The van der Waals surface area contributed by atoms with Gasteiger partial charge in [-0.05, 0) is 30.0 Å². The maximum atomic E-state index is 12.6. The van der Waals surface area contributed by atoms with Gasteiger partial charge in [-0.1, -0.05) is 6.07 Å². The number of Topliss-reactive ketones (excluding diaryl/α,β-unsaturated/α-hetero) is 1. The lowest BCUT2D eigenvalue weighted by molar-refractivity contribution is 0.0963. The summed E-state index contributed by atoms with van der Waals surface area (Å²) >= 11 is 1.69. The third kappa shape index (κ3) is 2.44. The molecule has 122 valence electrons. The normalized spacial score (nSPS) is 17.0. The van der Waals surface area contributed by atoms with Crippen LogP contribution in [0, 0.1) is 0 Å². The number of fused-ring (bicyclic) bond motifs is 2. The lowest BCUT2D eigenvalue weighted by Crippen LogP contribution is -2.20. The lowest BCUT2D eigenvalue weighted by Gasteiger charge is -2.21. The standard InChI is InChI=1S/C18H13N5OS/c24-15-9-12(16-2-1-7-25-16)8-14-13(15)10-23-18(20-14)21-17(22-23)11-3-5-19-6-4-11/h1-7,10,12H,8-9H2. The molecule has 0 amide bonds. The van der Waals surface area contributed by atoms with E-state index in [-0.39, 0.29) is 11.7 Å². The molecule has 0 N–H and O–H groups in total. The van der Waals surface area contributed by atoms with Crippen molar-refractivity contribution in [2.24, 2.45) is 0 Å². The molecule has 25 heavy (non-hydrogen) atoms. The largest absolute Gasteiger partial charge is 0.294 e. The molecule has 4 aromatic rings. The molecule has 0 spiro atoms. The Labute approximate surface area is 147 Å². The monoisotopic (exact) mass is 347 g/mol. The van der Waals surface area contributed by atoms with Crippen LogP contribution in [0.1, 0.15) is 33.3 Å². The average molecular weight is 347 g/mol. The van der Waals surface area contributed by atoms with Gasteiger partial charge in [0.1, 0.15) is 0 Å². The van der Waals surface area contributed by atoms with E-state index >= 15 is 0 Å². The summed E-state index contributed by atoms with van der Waals surface area (Å²) in [6, 6.07) is 7.82. The minimum Gasteiger partial charge on any atom is -0.294 e. The first-order valence-corrected chi connectivity index (χ1v) is 8.89. The predicted molar refractivity (Wildman–Crippen MR) is 93.7 cm³/mol. The summed E-state index contributed by atoms with van der Waals surface area (Å²) in [5, 5.41) is 6.51. The summed E-state index contributed by atoms with van der Waals surface area (Å²) in [7, 11) is 0. The van der Waals surface area contributed by atoms with E-state index in [2.05, 4.69) is 26.1 Å². The second-order valence-electron chi connectivity index (χ2n) is 6.06. The molecule has 1 aliphatic rings. The first-order chi connectivity index (χ1) is 12.3. The predicted octanol–water partition coefficient (Wildman–Crippen LogP) is 3.16. The molecule has 0 saturated carbocycles. The Morgan fingerprint density at radius 2 is 2.00 bits per heavy atom. The molecule has 0 radical (unpaired) electrons. The van der Waals surface area contributed by atoms with Crippen LogP contribution in [0.3, 0.4) is 0 Å². The van der Waals surface area contributed by atoms with Crippen molar-refractivity contribution in [1.82, 2.24) is 24.6 Å². The van der Waals surface area contributed by atoms with Gasteiger partial charge >= 0.3 is 0 Å². The molecule has 0 aromatic carbocycles. The topological polar surface area (TPSA) is 73.0 Å². The molecule has 0 aliphatic heterocycles. The summed E-state index contributed by atoms with van der Waals surface area (Å²) < 4.78 is 1.60. The number of rotatable bonds is 2. The minimum absolute atomic E-state index is 0.120. The van der Waals surface area contributed by atoms with Crippen LogP contribution in [-0.2, 0) is 6.42 Å². The third-order valence-electron chi connectivity index (χ3n) is 4.47. The van der Waals surface area contributed by atoms with Crippen molar-refractivity contribution >= 4 is 22.9 Å². The summed E-state index contributed by atoms with van der Waals surface area (Å²) in [5.74, 6) is 1.43. The van der Waals surface area contributed by atoms with E-state index in [1.807, 2.05) is 23.6 Å². The van der Waals surface area contributed by atoms with Gasteiger partial charge < -0.3 is 0 Å². The number of aromatic nitrogens is 5. The molecular formula is C18H13N5OS. The van der Waals surface area contributed by atoms with Crippen LogP contribution in [0.4, 0.5) is 0 Å². The molecule has 6 nitrogen and oxygen atoms in total. The van der Waals surface area contributed by atoms with Crippen LogP contribution in [0.25, 0.3) is 17.2 Å². The number of carbonyl (C=O) groups is 1. The minimum atomic E-state index is 0.120. The highest BCUT2D eigenvalue weighted by Gasteiger charge is 2.29. The number of hydrogen-bond acceptors (Lipinski definition) is 6. The van der Waals surface area contributed by atoms with E-state index in [1.54, 1.807) is 34.4 Å². The van der Waals surface area contributed by atoms with Gasteiger partial charge in [0.25, 0.3) is 5.78 Å². The van der Waals surface area contributed by atoms with E-state index in [1.165, 1.54) is 4.88 Å². The lowest BCUT2D eigenvalue weighted by atomic mass is 9.86. The number of thiophene rings is 1. The number of ketones is 1. The Bertz CT molecular complexity index is 1070. The zero-order valence-corrected chi connectivity index (χ0v) is 14.0. The summed E-state index contributed by atoms with van der Waals surface area (Å²) in [6.07, 6.45) is 6.45. The highest BCUT2D eigenvalue weighted by Crippen LogP contribution is 2.34. The Balaban J connectivity index is 1.59. The van der Waals surface area contributed by atoms with Gasteiger partial charge in [-0.3, -0.25) is 9.78 Å². The zero-order valence-electron chi connectivity index (χ0n) is 13.2. The molecule has 0 saturated heterocycles. The highest BCUT2D eigenvalue weighted by molar-refractivity contribution is 7.10. The average Bonchev–Trinajstić information content (AvgIpc) is 3.30. The van der Waals surface area contributed by atoms with Crippen molar-refractivity contribution < 1.29 is 4.79 Å². The molecule has 0 fully saturated rings. The van der Waals surface area contributed by atoms with Crippen molar-refractivity contribution in [3.05, 3.63) is 64.4 Å². The van der Waals surface area contributed by atoms with Crippen LogP contribution >= 0.6 is 11.3 Å². The number of nitrogens with zero attached hydrogens (tertiary/aromatic N) is 5. The van der Waals surface area contributed by atoms with E-state index < -0.39 is 0 Å². The maximum Gasteiger partial charge on any atom is 0.252 e. The first kappa shape index (κ1) is 14.4. The summed E-state index contributed by atoms with van der Waals surface area (Å²) in [6.45, 7) is 0. The zero-order chi connectivity index (χ0) is 16.8. The smallest absolute Gasteiger partial charge is 0.252 e. The summed E-state index contributed by atoms with van der Waals surface area (Å²) in [5.41, 5.74) is 2.35. The molecule has 1 unspecified atom stereocenters. The molecule has 5 rings (SSSR count). The van der Waals surface area contributed by atoms with Gasteiger partial charge in [0.2, 0.25) is 0 Å². The van der Waals surface area contributed by atoms with E-state index in [0.717, 1.165) is 17.7 Å². The van der Waals surface area contributed by atoms with E-state index in [4.69, 9.17) is 0 Å². The molecule has 4 heterocycles. The molecule has 1 aliphatic carbocycles. The number of hydrogen-bond donors (Lipinski definition) is 0. The van der Waals surface area contributed by atoms with Crippen LogP contribution in [-0.4, -0.2) is 30.3 Å². The van der Waals surface area contributed by atoms with Crippen molar-refractivity contribution in [2.45, 2.75) is 18.8 Å².